The maximum absolute atomic E-state index is 12.7. The highest BCUT2D eigenvalue weighted by molar-refractivity contribution is 7.17. The van der Waals surface area contributed by atoms with Crippen LogP contribution >= 0.6 is 11.3 Å². The Hall–Kier alpha value is -3.74. The van der Waals surface area contributed by atoms with Crippen molar-refractivity contribution < 1.29 is 14.3 Å². The summed E-state index contributed by atoms with van der Waals surface area (Å²) in [6.45, 7) is 6.51. The van der Waals surface area contributed by atoms with Gasteiger partial charge in [-0.3, -0.25) is 15.1 Å². The molecule has 0 radical (unpaired) electrons. The number of nitrogens with zero attached hydrogens (tertiary/aromatic N) is 6. The van der Waals surface area contributed by atoms with Gasteiger partial charge in [0.15, 0.2) is 5.13 Å². The van der Waals surface area contributed by atoms with Crippen molar-refractivity contribution in [2.24, 2.45) is 4.99 Å². The van der Waals surface area contributed by atoms with Gasteiger partial charge in [-0.1, -0.05) is 11.3 Å². The molecule has 1 atom stereocenters. The van der Waals surface area contributed by atoms with Crippen LogP contribution in [0.3, 0.4) is 0 Å². The highest BCUT2D eigenvalue weighted by Crippen LogP contribution is 2.34. The van der Waals surface area contributed by atoms with Crippen molar-refractivity contribution in [1.29, 1.82) is 0 Å². The van der Waals surface area contributed by atoms with E-state index in [1.54, 1.807) is 20.1 Å². The predicted molar refractivity (Wildman–Crippen MR) is 143 cm³/mol. The first-order chi connectivity index (χ1) is 18.0. The van der Waals surface area contributed by atoms with Crippen LogP contribution in [0.2, 0.25) is 0 Å². The van der Waals surface area contributed by atoms with Crippen LogP contribution in [0, 0.1) is 6.92 Å². The number of carbonyl (C=O) groups excluding carboxylic acids is 2. The molecule has 0 aromatic carbocycles. The van der Waals surface area contributed by atoms with Gasteiger partial charge in [-0.15, -0.1) is 0 Å². The molecule has 3 aliphatic heterocycles. The molecule has 2 aromatic heterocycles. The molecule has 0 bridgehead atoms. The fraction of sp³-hybridized carbons (Fsp3) is 0.500. The maximum atomic E-state index is 12.7. The average molecular weight is 526 g/mol. The highest BCUT2D eigenvalue weighted by Gasteiger charge is 2.30. The van der Waals surface area contributed by atoms with E-state index in [1.165, 1.54) is 11.3 Å². The summed E-state index contributed by atoms with van der Waals surface area (Å²) in [7, 11) is 0. The molecule has 0 aliphatic carbocycles. The zero-order valence-corrected chi connectivity index (χ0v) is 21.8. The number of allylic oxidation sites excluding steroid dienone is 1. The van der Waals surface area contributed by atoms with Crippen LogP contribution < -0.4 is 20.9 Å². The number of anilines is 4. The third-order valence-electron chi connectivity index (χ3n) is 6.34. The van der Waals surface area contributed by atoms with Crippen LogP contribution in [-0.2, 0) is 16.0 Å². The molecule has 5 heterocycles. The zero-order chi connectivity index (χ0) is 25.8. The number of rotatable bonds is 8. The summed E-state index contributed by atoms with van der Waals surface area (Å²) >= 11 is 1.20. The van der Waals surface area contributed by atoms with E-state index >= 15 is 0 Å². The number of esters is 1. The molecule has 196 valence electrons. The molecule has 3 aliphatic rings. The Morgan fingerprint density at radius 1 is 1.30 bits per heavy atom. The number of nitrogens with one attached hydrogen (secondary N) is 3. The third-order valence-corrected chi connectivity index (χ3v) is 7.40. The Morgan fingerprint density at radius 3 is 3.00 bits per heavy atom. The highest BCUT2D eigenvalue weighted by atomic mass is 32.1. The van der Waals surface area contributed by atoms with Gasteiger partial charge < -0.3 is 25.2 Å². The lowest BCUT2D eigenvalue weighted by molar-refractivity contribution is -0.121. The van der Waals surface area contributed by atoms with Gasteiger partial charge in [-0.2, -0.15) is 9.97 Å². The van der Waals surface area contributed by atoms with E-state index in [-0.39, 0.29) is 11.9 Å². The van der Waals surface area contributed by atoms with Crippen molar-refractivity contribution in [2.75, 3.05) is 48.6 Å². The molecule has 37 heavy (non-hydrogen) atoms. The minimum atomic E-state index is -0.398. The minimum Gasteiger partial charge on any atom is -0.462 e. The Morgan fingerprint density at radius 2 is 2.19 bits per heavy atom. The van der Waals surface area contributed by atoms with E-state index in [9.17, 15) is 9.59 Å². The quantitative estimate of drug-likeness (QED) is 0.441. The summed E-state index contributed by atoms with van der Waals surface area (Å²) < 4.78 is 5.14. The number of carbonyl (C=O) groups is 2. The maximum Gasteiger partial charge on any atom is 0.350 e. The summed E-state index contributed by atoms with van der Waals surface area (Å²) in [6, 6.07) is -0.361. The summed E-state index contributed by atoms with van der Waals surface area (Å²) in [5.74, 6) is 1.38. The smallest absolute Gasteiger partial charge is 0.350 e. The average Bonchev–Trinajstić information content (AvgIpc) is 3.39. The summed E-state index contributed by atoms with van der Waals surface area (Å²) in [5.41, 5.74) is 1.56. The second-order valence-corrected chi connectivity index (χ2v) is 10.0. The molecule has 1 fully saturated rings. The van der Waals surface area contributed by atoms with Gasteiger partial charge in [0.1, 0.15) is 29.2 Å². The second kappa shape index (κ2) is 11.1. The lowest BCUT2D eigenvalue weighted by Crippen LogP contribution is -2.38. The Kier molecular flexibility index (Phi) is 7.49. The molecule has 1 saturated heterocycles. The fourth-order valence-electron chi connectivity index (χ4n) is 4.53. The number of hydrogen-bond donors (Lipinski definition) is 3. The van der Waals surface area contributed by atoms with Gasteiger partial charge in [-0.25, -0.2) is 9.78 Å². The molecule has 12 nitrogen and oxygen atoms in total. The van der Waals surface area contributed by atoms with Crippen LogP contribution in [0.15, 0.2) is 17.3 Å². The molecule has 3 N–H and O–H groups in total. The second-order valence-electron chi connectivity index (χ2n) is 9.02. The van der Waals surface area contributed by atoms with Gasteiger partial charge in [0.2, 0.25) is 11.9 Å². The fourth-order valence-corrected chi connectivity index (χ4v) is 5.39. The van der Waals surface area contributed by atoms with Gasteiger partial charge in [0.25, 0.3) is 0 Å². The van der Waals surface area contributed by atoms with Crippen molar-refractivity contribution in [1.82, 2.24) is 25.2 Å². The number of aromatic nitrogens is 3. The van der Waals surface area contributed by atoms with Gasteiger partial charge in [-0.05, 0) is 45.6 Å². The predicted octanol–water partition coefficient (Wildman–Crippen LogP) is 2.42. The lowest BCUT2D eigenvalue weighted by Gasteiger charge is -2.27. The van der Waals surface area contributed by atoms with Crippen molar-refractivity contribution in [2.45, 2.75) is 45.6 Å². The number of amides is 1. The van der Waals surface area contributed by atoms with Crippen LogP contribution in [0.4, 0.5) is 22.7 Å². The number of aryl methyl sites for hydroxylation is 1. The molecular weight excluding hydrogens is 494 g/mol. The van der Waals surface area contributed by atoms with Crippen LogP contribution in [0.1, 0.15) is 47.1 Å². The van der Waals surface area contributed by atoms with Crippen molar-refractivity contribution in [3.63, 3.8) is 0 Å². The van der Waals surface area contributed by atoms with E-state index in [1.807, 2.05) is 12.3 Å². The van der Waals surface area contributed by atoms with Crippen molar-refractivity contribution in [3.8, 4) is 0 Å². The topological polar surface area (TPSA) is 137 Å². The van der Waals surface area contributed by atoms with E-state index in [0.29, 0.717) is 54.0 Å². The Bertz CT molecular complexity index is 1230. The molecule has 1 unspecified atom stereocenters. The first-order valence-electron chi connectivity index (χ1n) is 12.5. The molecule has 13 heteroatoms. The normalized spacial score (nSPS) is 18.9. The summed E-state index contributed by atoms with van der Waals surface area (Å²) in [5, 5.41) is 10.1. The first-order valence-corrected chi connectivity index (χ1v) is 13.4. The molecule has 5 rings (SSSR count). The van der Waals surface area contributed by atoms with Gasteiger partial charge >= 0.3 is 5.97 Å². The number of aliphatic imine (C=N–C) groups is 1. The summed E-state index contributed by atoms with van der Waals surface area (Å²) in [4.78, 5) is 48.0. The number of ether oxygens (including phenoxy) is 1. The summed E-state index contributed by atoms with van der Waals surface area (Å²) in [6.07, 6.45) is 9.13. The van der Waals surface area contributed by atoms with Crippen LogP contribution in [0.25, 0.3) is 0 Å². The standard InChI is InChI=1S/C24H31N9O3S/c1-3-36-22(35)18-15(2)27-24(37-18)31-23-29-19(28-17-7-4-5-10-26-21(17)34)16-8-12-33(20(16)30-23)14-32-11-6-9-25-13-32/h6,9,11,17H,3-5,7-8,10,12-14H2,1-2H3,(H,26,34)(H2,27,28,29,30,31). The molecular formula is C24H31N9O3S. The SMILES string of the molecule is CCOC(=O)c1sc(Nc2nc(NC3CCCCNC3=O)c3c(n2)N(CN2C=CC=NC2)CC3)nc1C. The van der Waals surface area contributed by atoms with Crippen molar-refractivity contribution >= 4 is 52.1 Å². The van der Waals surface area contributed by atoms with Gasteiger partial charge in [0, 0.05) is 31.1 Å². The van der Waals surface area contributed by atoms with E-state index in [2.05, 4.69) is 35.7 Å². The van der Waals surface area contributed by atoms with Crippen molar-refractivity contribution in [3.05, 3.63) is 28.4 Å². The molecule has 1 amide bonds. The van der Waals surface area contributed by atoms with Crippen LogP contribution in [0.5, 0.6) is 0 Å². The lowest BCUT2D eigenvalue weighted by atomic mass is 10.1. The molecule has 0 saturated carbocycles. The number of thiazole rings is 1. The monoisotopic (exact) mass is 525 g/mol. The van der Waals surface area contributed by atoms with E-state index in [4.69, 9.17) is 14.7 Å². The van der Waals surface area contributed by atoms with Gasteiger partial charge in [0.05, 0.1) is 19.0 Å². The van der Waals surface area contributed by atoms with E-state index in [0.717, 1.165) is 43.6 Å². The Balaban J connectivity index is 1.44. The first kappa shape index (κ1) is 24.9. The minimum absolute atomic E-state index is 0.0137. The number of fused-ring (bicyclic) bond motifs is 1. The zero-order valence-electron chi connectivity index (χ0n) is 21.0. The van der Waals surface area contributed by atoms with E-state index < -0.39 is 5.97 Å². The Labute approximate surface area is 219 Å². The molecule has 2 aromatic rings. The largest absolute Gasteiger partial charge is 0.462 e. The molecule has 0 spiro atoms. The number of hydrogen-bond acceptors (Lipinski definition) is 12. The third kappa shape index (κ3) is 5.66. The van der Waals surface area contributed by atoms with Crippen LogP contribution in [-0.4, -0.2) is 77.0 Å².